The highest BCUT2D eigenvalue weighted by Crippen LogP contribution is 2.27. The minimum absolute atomic E-state index is 0.198. The highest BCUT2D eigenvalue weighted by Gasteiger charge is 2.26. The number of nitrogens with zero attached hydrogens (tertiary/aromatic N) is 2. The summed E-state index contributed by atoms with van der Waals surface area (Å²) in [4.78, 5) is 38.6. The van der Waals surface area contributed by atoms with Gasteiger partial charge in [-0.1, -0.05) is 0 Å². The van der Waals surface area contributed by atoms with Crippen LogP contribution in [0.1, 0.15) is 27.3 Å². The zero-order valence-corrected chi connectivity index (χ0v) is 17.6. The molecular formula is C20H22N4O6S. The van der Waals surface area contributed by atoms with Crippen LogP contribution in [-0.2, 0) is 20.5 Å². The first-order valence-corrected chi connectivity index (χ1v) is 10.9. The largest absolute Gasteiger partial charge is 0.453 e. The molecule has 11 heteroatoms. The molecule has 3 heterocycles. The molecule has 1 aromatic carbocycles. The molecule has 2 N–H and O–H groups in total. The third-order valence-corrected chi connectivity index (χ3v) is 6.53. The summed E-state index contributed by atoms with van der Waals surface area (Å²) in [5.74, 6) is -0.716. The number of rotatable bonds is 4. The number of carbonyl (C=O) groups is 3. The van der Waals surface area contributed by atoms with E-state index < -0.39 is 17.1 Å². The van der Waals surface area contributed by atoms with Crippen LogP contribution in [0.5, 0.6) is 0 Å². The van der Waals surface area contributed by atoms with Gasteiger partial charge in [0, 0.05) is 24.8 Å². The van der Waals surface area contributed by atoms with Crippen LogP contribution in [0, 0.1) is 0 Å². The van der Waals surface area contributed by atoms with Gasteiger partial charge in [-0.2, -0.15) is 0 Å². The number of ether oxygens (including phenoxy) is 2. The summed E-state index contributed by atoms with van der Waals surface area (Å²) in [7, 11) is -0.257. The quantitative estimate of drug-likeness (QED) is 0.729. The maximum absolute atomic E-state index is 12.8. The lowest BCUT2D eigenvalue weighted by Crippen LogP contribution is -2.46. The van der Waals surface area contributed by atoms with Crippen LogP contribution in [0.2, 0.25) is 0 Å². The van der Waals surface area contributed by atoms with Crippen LogP contribution in [0.25, 0.3) is 0 Å². The van der Waals surface area contributed by atoms with Crippen LogP contribution in [0.3, 0.4) is 0 Å². The number of carbonyl (C=O) groups excluding carboxylic acids is 3. The molecule has 2 aromatic rings. The van der Waals surface area contributed by atoms with Gasteiger partial charge in [-0.25, -0.2) is 9.00 Å². The van der Waals surface area contributed by atoms with Gasteiger partial charge in [0.05, 0.1) is 36.9 Å². The molecule has 1 aromatic heterocycles. The molecular weight excluding hydrogens is 424 g/mol. The monoisotopic (exact) mass is 446 g/mol. The number of aromatic nitrogens is 1. The number of anilines is 1. The molecule has 3 amide bonds. The van der Waals surface area contributed by atoms with Gasteiger partial charge in [0.25, 0.3) is 11.8 Å². The molecule has 0 radical (unpaired) electrons. The van der Waals surface area contributed by atoms with Crippen molar-refractivity contribution in [1.29, 1.82) is 0 Å². The van der Waals surface area contributed by atoms with Crippen molar-refractivity contribution in [1.82, 2.24) is 14.2 Å². The van der Waals surface area contributed by atoms with Gasteiger partial charge in [0.15, 0.2) is 11.0 Å². The lowest BCUT2D eigenvalue weighted by atomic mass is 10.1. The molecule has 10 nitrogen and oxygen atoms in total. The van der Waals surface area contributed by atoms with Crippen LogP contribution in [-0.4, -0.2) is 70.4 Å². The van der Waals surface area contributed by atoms with Crippen molar-refractivity contribution in [3.05, 3.63) is 47.8 Å². The van der Waals surface area contributed by atoms with E-state index in [0.29, 0.717) is 48.8 Å². The van der Waals surface area contributed by atoms with Crippen LogP contribution in [0.4, 0.5) is 10.5 Å². The summed E-state index contributed by atoms with van der Waals surface area (Å²) in [5.41, 5.74) is 0.960. The summed E-state index contributed by atoms with van der Waals surface area (Å²) in [5, 5.41) is 5.53. The first kappa shape index (κ1) is 21.1. The Morgan fingerprint density at radius 1 is 1.35 bits per heavy atom. The maximum atomic E-state index is 12.8. The fourth-order valence-corrected chi connectivity index (χ4v) is 4.74. The summed E-state index contributed by atoms with van der Waals surface area (Å²) in [6.45, 7) is 1.64. The third kappa shape index (κ3) is 4.32. The lowest BCUT2D eigenvalue weighted by Gasteiger charge is -2.31. The number of amides is 3. The molecule has 31 heavy (non-hydrogen) atoms. The van der Waals surface area contributed by atoms with Gasteiger partial charge in [-0.15, -0.1) is 0 Å². The number of morpholine rings is 1. The Hall–Kier alpha value is -3.18. The topological polar surface area (TPSA) is 119 Å². The van der Waals surface area contributed by atoms with Crippen LogP contribution < -0.4 is 10.6 Å². The number of hydrogen-bond donors (Lipinski definition) is 2. The van der Waals surface area contributed by atoms with Crippen molar-refractivity contribution in [2.75, 3.05) is 38.7 Å². The van der Waals surface area contributed by atoms with E-state index in [1.807, 2.05) is 0 Å². The zero-order chi connectivity index (χ0) is 22.0. The minimum Gasteiger partial charge on any atom is -0.453 e. The molecule has 0 aliphatic carbocycles. The van der Waals surface area contributed by atoms with E-state index in [4.69, 9.17) is 9.47 Å². The van der Waals surface area contributed by atoms with Gasteiger partial charge in [-0.3, -0.25) is 13.6 Å². The summed E-state index contributed by atoms with van der Waals surface area (Å²) in [6, 6.07) is 7.90. The smallest absolute Gasteiger partial charge is 0.409 e. The third-order valence-electron chi connectivity index (χ3n) is 5.13. The Kier molecular flexibility index (Phi) is 6.05. The highest BCUT2D eigenvalue weighted by atomic mass is 32.2. The number of benzene rings is 1. The Morgan fingerprint density at radius 2 is 2.19 bits per heavy atom. The van der Waals surface area contributed by atoms with Crippen molar-refractivity contribution in [2.24, 2.45) is 0 Å². The van der Waals surface area contributed by atoms with Gasteiger partial charge >= 0.3 is 6.09 Å². The van der Waals surface area contributed by atoms with Gasteiger partial charge in [0.1, 0.15) is 5.69 Å². The Labute approximate surface area is 181 Å². The van der Waals surface area contributed by atoms with Crippen molar-refractivity contribution in [3.63, 3.8) is 0 Å². The predicted molar refractivity (Wildman–Crippen MR) is 111 cm³/mol. The van der Waals surface area contributed by atoms with Crippen molar-refractivity contribution in [3.8, 4) is 0 Å². The Bertz CT molecular complexity index is 1050. The first-order chi connectivity index (χ1) is 15.0. The lowest BCUT2D eigenvalue weighted by molar-refractivity contribution is -0.0272. The van der Waals surface area contributed by atoms with Gasteiger partial charge in [0.2, 0.25) is 0 Å². The van der Waals surface area contributed by atoms with E-state index in [0.717, 1.165) is 0 Å². The number of hydrogen-bond acceptors (Lipinski definition) is 6. The number of methoxy groups -OCH3 is 1. The van der Waals surface area contributed by atoms with Crippen LogP contribution in [0.15, 0.2) is 41.4 Å². The molecule has 4 rings (SSSR count). The van der Waals surface area contributed by atoms with E-state index in [-0.39, 0.29) is 23.6 Å². The number of nitrogens with one attached hydrogen (secondary N) is 2. The molecule has 0 spiro atoms. The molecule has 2 atom stereocenters. The molecule has 2 aliphatic heterocycles. The van der Waals surface area contributed by atoms with Crippen molar-refractivity contribution < 1.29 is 28.1 Å². The molecule has 1 fully saturated rings. The summed E-state index contributed by atoms with van der Waals surface area (Å²) in [6.07, 6.45) is 1.51. The minimum atomic E-state index is -1.59. The SMILES string of the molecule is COC(=O)N1CCOC(CCNC(=O)c2ccc3c(c2)NC(=O)c2cccn2S3=O)C1. The van der Waals surface area contributed by atoms with Gasteiger partial charge < -0.3 is 25.0 Å². The molecule has 2 aliphatic rings. The Morgan fingerprint density at radius 3 is 3.00 bits per heavy atom. The summed E-state index contributed by atoms with van der Waals surface area (Å²) < 4.78 is 24.6. The van der Waals surface area contributed by atoms with E-state index >= 15 is 0 Å². The standard InChI is InChI=1S/C20H22N4O6S/c1-29-20(27)23-9-10-30-14(12-23)6-7-21-18(25)13-4-5-17-15(11-13)22-19(26)16-3-2-8-24(16)31(17)28/h2-5,8,11,14H,6-7,9-10,12H2,1H3,(H,21,25)(H,22,26). The second-order valence-corrected chi connectivity index (χ2v) is 8.42. The van der Waals surface area contributed by atoms with E-state index in [1.54, 1.807) is 35.4 Å². The predicted octanol–water partition coefficient (Wildman–Crippen LogP) is 1.21. The molecule has 0 bridgehead atoms. The fourth-order valence-electron chi connectivity index (χ4n) is 3.54. The molecule has 164 valence electrons. The fraction of sp³-hybridized carbons (Fsp3) is 0.350. The van der Waals surface area contributed by atoms with Crippen molar-refractivity contribution in [2.45, 2.75) is 17.4 Å². The first-order valence-electron chi connectivity index (χ1n) is 9.75. The number of fused-ring (bicyclic) bond motifs is 2. The summed E-state index contributed by atoms with van der Waals surface area (Å²) >= 11 is 0. The average Bonchev–Trinajstić information content (AvgIpc) is 3.25. The molecule has 2 unspecified atom stereocenters. The average molecular weight is 446 g/mol. The Balaban J connectivity index is 1.38. The second kappa shape index (κ2) is 8.90. The highest BCUT2D eigenvalue weighted by molar-refractivity contribution is 7.83. The van der Waals surface area contributed by atoms with Gasteiger partial charge in [-0.05, 0) is 36.8 Å². The second-order valence-electron chi connectivity index (χ2n) is 7.09. The molecule has 0 saturated carbocycles. The van der Waals surface area contributed by atoms with E-state index in [9.17, 15) is 18.6 Å². The normalized spacial score (nSPS) is 20.2. The zero-order valence-electron chi connectivity index (χ0n) is 16.8. The molecule has 1 saturated heterocycles. The van der Waals surface area contributed by atoms with E-state index in [2.05, 4.69) is 10.6 Å². The van der Waals surface area contributed by atoms with Crippen molar-refractivity contribution >= 4 is 34.6 Å². The maximum Gasteiger partial charge on any atom is 0.409 e. The van der Waals surface area contributed by atoms with Crippen LogP contribution >= 0.6 is 0 Å². The van der Waals surface area contributed by atoms with E-state index in [1.165, 1.54) is 17.1 Å².